The fraction of sp³-hybridized carbons (Fsp3) is 0.143. The van der Waals surface area contributed by atoms with Crippen molar-refractivity contribution >= 4 is 34.7 Å². The zero-order chi connectivity index (χ0) is 14.1. The average molecular weight is 304 g/mol. The number of aromatic nitrogens is 2. The molecule has 3 rings (SSSR count). The standard InChI is InChI=1S/C14H12N2O2S2/c1-9-3-2-4-16-6-10(15-13(9)16)7-19-11-5-12(14(17)18)20-8-11/h2-6,8H,7H2,1H3,(H,17,18). The third kappa shape index (κ3) is 2.57. The lowest BCUT2D eigenvalue weighted by Gasteiger charge is -1.94. The number of aryl methyl sites for hydroxylation is 1. The Balaban J connectivity index is 1.76. The van der Waals surface area contributed by atoms with Crippen LogP contribution in [-0.4, -0.2) is 20.5 Å². The zero-order valence-corrected chi connectivity index (χ0v) is 12.4. The molecule has 0 fully saturated rings. The smallest absolute Gasteiger partial charge is 0.345 e. The van der Waals surface area contributed by atoms with Gasteiger partial charge in [0.1, 0.15) is 10.5 Å². The number of fused-ring (bicyclic) bond motifs is 1. The molecule has 0 saturated heterocycles. The summed E-state index contributed by atoms with van der Waals surface area (Å²) in [6, 6.07) is 5.74. The van der Waals surface area contributed by atoms with Crippen LogP contribution in [0.15, 0.2) is 40.9 Å². The number of pyridine rings is 1. The number of imidazole rings is 1. The van der Waals surface area contributed by atoms with E-state index in [1.54, 1.807) is 17.8 Å². The van der Waals surface area contributed by atoms with Crippen LogP contribution in [0.3, 0.4) is 0 Å². The first-order valence-electron chi connectivity index (χ1n) is 6.01. The summed E-state index contributed by atoms with van der Waals surface area (Å²) in [7, 11) is 0. The van der Waals surface area contributed by atoms with E-state index in [9.17, 15) is 4.79 Å². The summed E-state index contributed by atoms with van der Waals surface area (Å²) in [5, 5.41) is 10.8. The minimum absolute atomic E-state index is 0.373. The first-order chi connectivity index (χ1) is 9.63. The lowest BCUT2D eigenvalue weighted by Crippen LogP contribution is -1.89. The number of hydrogen-bond acceptors (Lipinski definition) is 4. The van der Waals surface area contributed by atoms with Gasteiger partial charge in [0.15, 0.2) is 0 Å². The van der Waals surface area contributed by atoms with Gasteiger partial charge in [0.25, 0.3) is 0 Å². The first-order valence-corrected chi connectivity index (χ1v) is 7.88. The predicted octanol–water partition coefficient (Wildman–Crippen LogP) is 3.69. The van der Waals surface area contributed by atoms with Gasteiger partial charge in [-0.3, -0.25) is 0 Å². The average Bonchev–Trinajstić information content (AvgIpc) is 3.03. The minimum Gasteiger partial charge on any atom is -0.477 e. The second kappa shape index (κ2) is 5.30. The van der Waals surface area contributed by atoms with E-state index in [0.717, 1.165) is 27.6 Å². The van der Waals surface area contributed by atoms with Crippen molar-refractivity contribution in [3.8, 4) is 0 Å². The number of hydrogen-bond donors (Lipinski definition) is 1. The number of nitrogens with zero attached hydrogens (tertiary/aromatic N) is 2. The fourth-order valence-corrected chi connectivity index (χ4v) is 3.69. The molecule has 0 saturated carbocycles. The molecular formula is C14H12N2O2S2. The molecule has 4 nitrogen and oxygen atoms in total. The van der Waals surface area contributed by atoms with Crippen molar-refractivity contribution in [2.75, 3.05) is 0 Å². The highest BCUT2D eigenvalue weighted by Crippen LogP contribution is 2.27. The van der Waals surface area contributed by atoms with Gasteiger partial charge < -0.3 is 9.51 Å². The number of carbonyl (C=O) groups is 1. The molecule has 0 aliphatic carbocycles. The number of rotatable bonds is 4. The Kier molecular flexibility index (Phi) is 3.50. The second-order valence-corrected chi connectivity index (χ2v) is 6.35. The molecule has 0 bridgehead atoms. The van der Waals surface area contributed by atoms with E-state index in [0.29, 0.717) is 4.88 Å². The van der Waals surface area contributed by atoms with E-state index in [-0.39, 0.29) is 0 Å². The normalized spacial score (nSPS) is 11.1. The molecule has 0 atom stereocenters. The topological polar surface area (TPSA) is 54.6 Å². The van der Waals surface area contributed by atoms with Crippen molar-refractivity contribution < 1.29 is 9.90 Å². The van der Waals surface area contributed by atoms with Crippen molar-refractivity contribution in [2.45, 2.75) is 17.6 Å². The Bertz CT molecular complexity index is 776. The highest BCUT2D eigenvalue weighted by molar-refractivity contribution is 7.98. The van der Waals surface area contributed by atoms with Gasteiger partial charge in [-0.15, -0.1) is 23.1 Å². The van der Waals surface area contributed by atoms with Crippen LogP contribution in [0.1, 0.15) is 20.9 Å². The highest BCUT2D eigenvalue weighted by atomic mass is 32.2. The Morgan fingerprint density at radius 1 is 1.55 bits per heavy atom. The second-order valence-electron chi connectivity index (χ2n) is 4.39. The number of carboxylic acids is 1. The van der Waals surface area contributed by atoms with Crippen molar-refractivity contribution in [2.24, 2.45) is 0 Å². The molecule has 1 N–H and O–H groups in total. The summed E-state index contributed by atoms with van der Waals surface area (Å²) in [6.07, 6.45) is 4.00. The van der Waals surface area contributed by atoms with E-state index < -0.39 is 5.97 Å². The minimum atomic E-state index is -0.870. The number of thiophene rings is 1. The van der Waals surface area contributed by atoms with E-state index in [4.69, 9.17) is 5.11 Å². The van der Waals surface area contributed by atoms with Gasteiger partial charge in [0.05, 0.1) is 5.69 Å². The molecule has 0 radical (unpaired) electrons. The molecule has 0 unspecified atom stereocenters. The van der Waals surface area contributed by atoms with Crippen LogP contribution in [-0.2, 0) is 5.75 Å². The molecule has 0 aliphatic rings. The molecule has 0 aromatic carbocycles. The monoisotopic (exact) mass is 304 g/mol. The van der Waals surface area contributed by atoms with Gasteiger partial charge in [-0.05, 0) is 24.6 Å². The van der Waals surface area contributed by atoms with E-state index in [1.807, 2.05) is 41.2 Å². The zero-order valence-electron chi connectivity index (χ0n) is 10.7. The van der Waals surface area contributed by atoms with Gasteiger partial charge in [0, 0.05) is 28.4 Å². The number of aromatic carboxylic acids is 1. The maximum Gasteiger partial charge on any atom is 0.345 e. The van der Waals surface area contributed by atoms with Gasteiger partial charge >= 0.3 is 5.97 Å². The SMILES string of the molecule is Cc1cccn2cc(CSc3csc(C(=O)O)c3)nc12. The van der Waals surface area contributed by atoms with Crippen LogP contribution < -0.4 is 0 Å². The molecule has 3 heterocycles. The summed E-state index contributed by atoms with van der Waals surface area (Å²) in [5.41, 5.74) is 3.11. The predicted molar refractivity (Wildman–Crippen MR) is 80.8 cm³/mol. The van der Waals surface area contributed by atoms with Gasteiger partial charge in [-0.25, -0.2) is 9.78 Å². The molecule has 0 amide bonds. The van der Waals surface area contributed by atoms with Gasteiger partial charge in [0.2, 0.25) is 0 Å². The molecule has 0 spiro atoms. The van der Waals surface area contributed by atoms with E-state index in [1.165, 1.54) is 11.3 Å². The van der Waals surface area contributed by atoms with Crippen molar-refractivity contribution in [1.29, 1.82) is 0 Å². The summed E-state index contributed by atoms with van der Waals surface area (Å²) in [6.45, 7) is 2.04. The summed E-state index contributed by atoms with van der Waals surface area (Å²) < 4.78 is 2.02. The molecule has 3 aromatic rings. The van der Waals surface area contributed by atoms with E-state index in [2.05, 4.69) is 4.98 Å². The van der Waals surface area contributed by atoms with Crippen molar-refractivity contribution in [3.05, 3.63) is 52.1 Å². The molecule has 0 aliphatic heterocycles. The maximum atomic E-state index is 10.8. The fourth-order valence-electron chi connectivity index (χ4n) is 1.94. The molecule has 3 aromatic heterocycles. The molecule has 102 valence electrons. The Hall–Kier alpha value is -1.79. The van der Waals surface area contributed by atoms with Crippen LogP contribution in [0.4, 0.5) is 0 Å². The van der Waals surface area contributed by atoms with Crippen LogP contribution in [0.2, 0.25) is 0 Å². The molecule has 6 heteroatoms. The lowest BCUT2D eigenvalue weighted by molar-refractivity contribution is 0.0702. The Labute approximate surface area is 124 Å². The van der Waals surface area contributed by atoms with Gasteiger partial charge in [-0.1, -0.05) is 6.07 Å². The van der Waals surface area contributed by atoms with Crippen LogP contribution in [0, 0.1) is 6.92 Å². The summed E-state index contributed by atoms with van der Waals surface area (Å²) in [4.78, 5) is 16.8. The number of thioether (sulfide) groups is 1. The lowest BCUT2D eigenvalue weighted by atomic mass is 10.3. The third-order valence-electron chi connectivity index (χ3n) is 2.90. The number of carboxylic acid groups (broad SMARTS) is 1. The molecule has 20 heavy (non-hydrogen) atoms. The highest BCUT2D eigenvalue weighted by Gasteiger charge is 2.08. The van der Waals surface area contributed by atoms with Crippen LogP contribution >= 0.6 is 23.1 Å². The van der Waals surface area contributed by atoms with E-state index >= 15 is 0 Å². The summed E-state index contributed by atoms with van der Waals surface area (Å²) >= 11 is 2.86. The largest absolute Gasteiger partial charge is 0.477 e. The Morgan fingerprint density at radius 3 is 3.10 bits per heavy atom. The molecular weight excluding hydrogens is 292 g/mol. The van der Waals surface area contributed by atoms with Crippen LogP contribution in [0.25, 0.3) is 5.65 Å². The summed E-state index contributed by atoms with van der Waals surface area (Å²) in [5.74, 6) is -0.137. The Morgan fingerprint density at radius 2 is 2.40 bits per heavy atom. The first kappa shape index (κ1) is 13.2. The van der Waals surface area contributed by atoms with Crippen molar-refractivity contribution in [1.82, 2.24) is 9.38 Å². The maximum absolute atomic E-state index is 10.8. The van der Waals surface area contributed by atoms with Gasteiger partial charge in [-0.2, -0.15) is 0 Å². The van der Waals surface area contributed by atoms with Crippen LogP contribution in [0.5, 0.6) is 0 Å². The third-order valence-corrected chi connectivity index (χ3v) is 4.98. The quantitative estimate of drug-likeness (QED) is 0.747. The van der Waals surface area contributed by atoms with Crippen molar-refractivity contribution in [3.63, 3.8) is 0 Å².